The number of carbonyl (C=O) groups is 1. The van der Waals surface area contributed by atoms with Crippen molar-refractivity contribution in [2.24, 2.45) is 5.14 Å². The minimum Gasteiger partial charge on any atom is -0.462 e. The second-order valence-corrected chi connectivity index (χ2v) is 8.01. The van der Waals surface area contributed by atoms with Crippen LogP contribution in [0.5, 0.6) is 0 Å². The van der Waals surface area contributed by atoms with Gasteiger partial charge in [-0.3, -0.25) is 4.79 Å². The number of hydrogen-bond donors (Lipinski definition) is 2. The highest BCUT2D eigenvalue weighted by molar-refractivity contribution is 7.89. The average molecular weight is 342 g/mol. The van der Waals surface area contributed by atoms with Gasteiger partial charge in [-0.05, 0) is 57.9 Å². The molecule has 23 heavy (non-hydrogen) atoms. The largest absolute Gasteiger partial charge is 0.462 e. The monoisotopic (exact) mass is 342 g/mol. The molecule has 0 bridgehead atoms. The summed E-state index contributed by atoms with van der Waals surface area (Å²) in [5.74, 6) is 0. The molecule has 0 radical (unpaired) electrons. The fourth-order valence-electron chi connectivity index (χ4n) is 2.19. The number of primary sulfonamides is 1. The summed E-state index contributed by atoms with van der Waals surface area (Å²) in [5.41, 5.74) is 0.688. The van der Waals surface area contributed by atoms with Crippen molar-refractivity contribution in [3.63, 3.8) is 0 Å². The Labute approximate surface area is 138 Å². The molecular weight excluding hydrogens is 316 g/mol. The van der Waals surface area contributed by atoms with E-state index in [0.29, 0.717) is 6.47 Å². The molecule has 6 nitrogen and oxygen atoms in total. The van der Waals surface area contributed by atoms with Crippen LogP contribution < -0.4 is 10.5 Å². The van der Waals surface area contributed by atoms with Crippen molar-refractivity contribution in [1.29, 1.82) is 0 Å². The first-order valence-electron chi connectivity index (χ1n) is 7.61. The van der Waals surface area contributed by atoms with E-state index < -0.39 is 10.0 Å². The van der Waals surface area contributed by atoms with Crippen molar-refractivity contribution in [3.8, 4) is 0 Å². The van der Waals surface area contributed by atoms with Crippen LogP contribution in [-0.4, -0.2) is 27.0 Å². The van der Waals surface area contributed by atoms with Crippen LogP contribution in [0, 0.1) is 0 Å². The molecule has 0 spiro atoms. The highest BCUT2D eigenvalue weighted by Crippen LogP contribution is 2.24. The minimum atomic E-state index is -3.59. The number of rotatable bonds is 3. The van der Waals surface area contributed by atoms with Crippen LogP contribution in [0.3, 0.4) is 0 Å². The summed E-state index contributed by atoms with van der Waals surface area (Å²) in [6.07, 6.45) is 3.41. The Kier molecular flexibility index (Phi) is 7.18. The van der Waals surface area contributed by atoms with E-state index in [2.05, 4.69) is 10.1 Å². The van der Waals surface area contributed by atoms with Crippen LogP contribution in [-0.2, 0) is 19.6 Å². The third-order valence-electron chi connectivity index (χ3n) is 3.30. The molecule has 0 aromatic heterocycles. The Morgan fingerprint density at radius 2 is 2.00 bits per heavy atom. The predicted octanol–water partition coefficient (Wildman–Crippen LogP) is 2.11. The molecule has 1 aromatic carbocycles. The zero-order valence-corrected chi connectivity index (χ0v) is 14.7. The Bertz CT molecular complexity index is 603. The number of hydrogen-bond acceptors (Lipinski definition) is 5. The first-order valence-corrected chi connectivity index (χ1v) is 9.16. The molecule has 0 saturated carbocycles. The molecular formula is C16H26N2O4S. The number of carbonyl (C=O) groups excluding carboxylic acids is 1. The molecule has 1 unspecified atom stereocenters. The van der Waals surface area contributed by atoms with Crippen LogP contribution in [0.15, 0.2) is 29.2 Å². The van der Waals surface area contributed by atoms with Crippen molar-refractivity contribution in [2.45, 2.75) is 56.6 Å². The van der Waals surface area contributed by atoms with Gasteiger partial charge in [-0.1, -0.05) is 18.6 Å². The number of ether oxygens (including phenoxy) is 1. The van der Waals surface area contributed by atoms with Gasteiger partial charge >= 0.3 is 0 Å². The Morgan fingerprint density at radius 3 is 2.43 bits per heavy atom. The van der Waals surface area contributed by atoms with Crippen molar-refractivity contribution in [1.82, 2.24) is 5.32 Å². The lowest BCUT2D eigenvalue weighted by Crippen LogP contribution is -2.27. The fourth-order valence-corrected chi connectivity index (χ4v) is 2.76. The average Bonchev–Trinajstić information content (AvgIpc) is 2.47. The number of piperidine rings is 1. The molecule has 1 aliphatic rings. The lowest BCUT2D eigenvalue weighted by Gasteiger charge is -2.24. The molecule has 130 valence electrons. The van der Waals surface area contributed by atoms with Gasteiger partial charge in [0.05, 0.1) is 4.90 Å². The second kappa shape index (κ2) is 8.42. The van der Waals surface area contributed by atoms with Crippen LogP contribution >= 0.6 is 0 Å². The summed E-state index contributed by atoms with van der Waals surface area (Å²) in [6.45, 7) is 6.91. The van der Waals surface area contributed by atoms with E-state index in [-0.39, 0.29) is 16.5 Å². The smallest absolute Gasteiger partial charge is 0.293 e. The van der Waals surface area contributed by atoms with Gasteiger partial charge in [-0.2, -0.15) is 0 Å². The van der Waals surface area contributed by atoms with Crippen molar-refractivity contribution >= 4 is 16.5 Å². The Balaban J connectivity index is 0.000000322. The lowest BCUT2D eigenvalue weighted by molar-refractivity contribution is -0.138. The van der Waals surface area contributed by atoms with Gasteiger partial charge in [0, 0.05) is 6.04 Å². The van der Waals surface area contributed by atoms with Gasteiger partial charge in [0.15, 0.2) is 0 Å². The zero-order chi connectivity index (χ0) is 17.5. The minimum absolute atomic E-state index is 0.192. The van der Waals surface area contributed by atoms with Crippen LogP contribution in [0.1, 0.15) is 51.6 Å². The molecule has 1 heterocycles. The standard InChI is InChI=1S/C11H16N2O2S.C5H10O2/c12-16(14,15)10-5-3-4-9(8-10)11-6-1-2-7-13-11;1-5(2,3)7-4-6/h3-5,8,11,13H,1-2,6-7H2,(H2,12,14,15);4H,1-3H3. The van der Waals surface area contributed by atoms with Crippen LogP contribution in [0.4, 0.5) is 0 Å². The molecule has 1 fully saturated rings. The summed E-state index contributed by atoms with van der Waals surface area (Å²) in [4.78, 5) is 9.79. The normalized spacial score (nSPS) is 18.5. The SMILES string of the molecule is CC(C)(C)OC=O.NS(=O)(=O)c1cccc(C2CCCCN2)c1. The molecule has 2 rings (SSSR count). The number of benzene rings is 1. The van der Waals surface area contributed by atoms with Gasteiger partial charge in [0.1, 0.15) is 5.60 Å². The van der Waals surface area contributed by atoms with Gasteiger partial charge in [-0.25, -0.2) is 13.6 Å². The third-order valence-corrected chi connectivity index (χ3v) is 4.21. The maximum Gasteiger partial charge on any atom is 0.293 e. The zero-order valence-electron chi connectivity index (χ0n) is 13.9. The molecule has 1 atom stereocenters. The van der Waals surface area contributed by atoms with E-state index >= 15 is 0 Å². The predicted molar refractivity (Wildman–Crippen MR) is 89.3 cm³/mol. The fraction of sp³-hybridized carbons (Fsp3) is 0.562. The van der Waals surface area contributed by atoms with Crippen LogP contribution in [0.2, 0.25) is 0 Å². The quantitative estimate of drug-likeness (QED) is 0.820. The van der Waals surface area contributed by atoms with Crippen molar-refractivity contribution in [3.05, 3.63) is 29.8 Å². The first-order chi connectivity index (χ1) is 10.6. The summed E-state index contributed by atoms with van der Waals surface area (Å²) in [6, 6.07) is 7.14. The van der Waals surface area contributed by atoms with E-state index in [1.165, 1.54) is 18.9 Å². The first kappa shape index (κ1) is 19.6. The van der Waals surface area contributed by atoms with E-state index in [9.17, 15) is 13.2 Å². The summed E-state index contributed by atoms with van der Waals surface area (Å²) >= 11 is 0. The lowest BCUT2D eigenvalue weighted by atomic mass is 9.98. The summed E-state index contributed by atoms with van der Waals surface area (Å²) < 4.78 is 27.0. The van der Waals surface area contributed by atoms with E-state index in [1.807, 2.05) is 26.8 Å². The molecule has 0 aliphatic carbocycles. The number of nitrogens with one attached hydrogen (secondary N) is 1. The number of nitrogens with two attached hydrogens (primary N) is 1. The maximum absolute atomic E-state index is 11.2. The van der Waals surface area contributed by atoms with Crippen molar-refractivity contribution in [2.75, 3.05) is 6.54 Å². The van der Waals surface area contributed by atoms with Crippen molar-refractivity contribution < 1.29 is 17.9 Å². The summed E-state index contributed by atoms with van der Waals surface area (Å²) in [7, 11) is -3.59. The molecule has 7 heteroatoms. The summed E-state index contributed by atoms with van der Waals surface area (Å²) in [5, 5.41) is 8.49. The van der Waals surface area contributed by atoms with Gasteiger partial charge in [0.2, 0.25) is 10.0 Å². The topological polar surface area (TPSA) is 98.5 Å². The molecule has 1 aliphatic heterocycles. The van der Waals surface area contributed by atoms with E-state index in [0.717, 1.165) is 18.5 Å². The van der Waals surface area contributed by atoms with Crippen LogP contribution in [0.25, 0.3) is 0 Å². The maximum atomic E-state index is 11.2. The van der Waals surface area contributed by atoms with E-state index in [1.54, 1.807) is 12.1 Å². The molecule has 0 amide bonds. The molecule has 1 saturated heterocycles. The van der Waals surface area contributed by atoms with Gasteiger partial charge in [0.25, 0.3) is 6.47 Å². The Morgan fingerprint density at radius 1 is 1.30 bits per heavy atom. The molecule has 3 N–H and O–H groups in total. The Hall–Kier alpha value is -1.44. The van der Waals surface area contributed by atoms with E-state index in [4.69, 9.17) is 5.14 Å². The number of sulfonamides is 1. The van der Waals surface area contributed by atoms with Gasteiger partial charge < -0.3 is 10.1 Å². The highest BCUT2D eigenvalue weighted by atomic mass is 32.2. The third kappa shape index (κ3) is 7.58. The van der Waals surface area contributed by atoms with Gasteiger partial charge in [-0.15, -0.1) is 0 Å². The molecule has 1 aromatic rings. The highest BCUT2D eigenvalue weighted by Gasteiger charge is 2.16. The second-order valence-electron chi connectivity index (χ2n) is 6.45.